The Kier molecular flexibility index (Phi) is 6.07. The van der Waals surface area contributed by atoms with Crippen LogP contribution in [0.1, 0.15) is 29.8 Å². The Morgan fingerprint density at radius 1 is 1.25 bits per heavy atom. The molecule has 0 amide bonds. The third-order valence-electron chi connectivity index (χ3n) is 3.31. The average Bonchev–Trinajstić information content (AvgIpc) is 2.89. The second-order valence-electron chi connectivity index (χ2n) is 4.61. The summed E-state index contributed by atoms with van der Waals surface area (Å²) in [4.78, 5) is 1.40. The van der Waals surface area contributed by atoms with Crippen molar-refractivity contribution in [2.45, 2.75) is 25.8 Å². The van der Waals surface area contributed by atoms with Gasteiger partial charge in [-0.1, -0.05) is 25.1 Å². The second kappa shape index (κ2) is 7.81. The summed E-state index contributed by atoms with van der Waals surface area (Å²) in [7, 11) is 1.73. The number of rotatable bonds is 7. The molecule has 0 aliphatic rings. The van der Waals surface area contributed by atoms with Gasteiger partial charge in [-0.15, -0.1) is 11.3 Å². The van der Waals surface area contributed by atoms with E-state index in [4.69, 9.17) is 4.74 Å². The predicted molar refractivity (Wildman–Crippen MR) is 89.8 cm³/mol. The molecule has 1 N–H and O–H groups in total. The zero-order chi connectivity index (χ0) is 14.4. The van der Waals surface area contributed by atoms with Crippen LogP contribution < -0.4 is 10.1 Å². The number of hydrogen-bond acceptors (Lipinski definition) is 3. The number of para-hydroxylation sites is 1. The molecule has 0 bridgehead atoms. The maximum absolute atomic E-state index is 5.45. The minimum atomic E-state index is 0.342. The molecule has 1 heterocycles. The van der Waals surface area contributed by atoms with Gasteiger partial charge in [0.05, 0.1) is 10.9 Å². The zero-order valence-corrected chi connectivity index (χ0v) is 14.3. The summed E-state index contributed by atoms with van der Waals surface area (Å²) in [6.07, 6.45) is 2.11. The Bertz CT molecular complexity index is 541. The molecule has 0 spiro atoms. The summed E-state index contributed by atoms with van der Waals surface area (Å²) in [5.41, 5.74) is 1.24. The van der Waals surface area contributed by atoms with E-state index in [1.807, 2.05) is 12.1 Å². The van der Waals surface area contributed by atoms with Crippen LogP contribution in [0.5, 0.6) is 5.75 Å². The summed E-state index contributed by atoms with van der Waals surface area (Å²) in [6, 6.07) is 12.9. The quantitative estimate of drug-likeness (QED) is 0.771. The third-order valence-corrected chi connectivity index (χ3v) is 5.00. The lowest BCUT2D eigenvalue weighted by Crippen LogP contribution is -2.23. The Morgan fingerprint density at radius 3 is 2.70 bits per heavy atom. The molecule has 2 rings (SSSR count). The molecule has 0 saturated carbocycles. The summed E-state index contributed by atoms with van der Waals surface area (Å²) >= 11 is 5.31. The molecule has 1 unspecified atom stereocenters. The van der Waals surface area contributed by atoms with Gasteiger partial charge in [0, 0.05) is 23.0 Å². The van der Waals surface area contributed by atoms with E-state index < -0.39 is 0 Å². The van der Waals surface area contributed by atoms with Crippen LogP contribution in [0.25, 0.3) is 0 Å². The van der Waals surface area contributed by atoms with E-state index in [0.29, 0.717) is 6.04 Å². The van der Waals surface area contributed by atoms with Crippen molar-refractivity contribution in [3.63, 3.8) is 0 Å². The van der Waals surface area contributed by atoms with Crippen molar-refractivity contribution in [3.8, 4) is 5.75 Å². The maximum atomic E-state index is 5.45. The highest BCUT2D eigenvalue weighted by Crippen LogP contribution is 2.27. The van der Waals surface area contributed by atoms with E-state index in [9.17, 15) is 0 Å². The standard InChI is InChI=1S/C16H20BrNOS/c1-3-14(13-6-4-5-7-15(13)19-2)18-11-10-12-8-9-16(17)20-12/h4-9,14,18H,3,10-11H2,1-2H3. The van der Waals surface area contributed by atoms with Crippen molar-refractivity contribution in [1.82, 2.24) is 5.32 Å². The van der Waals surface area contributed by atoms with Gasteiger partial charge in [-0.25, -0.2) is 0 Å². The van der Waals surface area contributed by atoms with E-state index >= 15 is 0 Å². The number of ether oxygens (including phenoxy) is 1. The van der Waals surface area contributed by atoms with Crippen molar-refractivity contribution in [3.05, 3.63) is 50.6 Å². The Morgan fingerprint density at radius 2 is 2.05 bits per heavy atom. The second-order valence-corrected chi connectivity index (χ2v) is 7.16. The molecule has 1 atom stereocenters. The van der Waals surface area contributed by atoms with Gasteiger partial charge in [0.15, 0.2) is 0 Å². The van der Waals surface area contributed by atoms with Gasteiger partial charge in [-0.3, -0.25) is 0 Å². The monoisotopic (exact) mass is 353 g/mol. The van der Waals surface area contributed by atoms with Crippen molar-refractivity contribution >= 4 is 27.3 Å². The Hall–Kier alpha value is -0.840. The molecule has 1 aromatic heterocycles. The highest BCUT2D eigenvalue weighted by atomic mass is 79.9. The van der Waals surface area contributed by atoms with Gasteiger partial charge < -0.3 is 10.1 Å². The molecule has 2 aromatic rings. The molecule has 20 heavy (non-hydrogen) atoms. The summed E-state index contributed by atoms with van der Waals surface area (Å²) in [5, 5.41) is 3.63. The van der Waals surface area contributed by atoms with E-state index in [1.165, 1.54) is 14.2 Å². The minimum Gasteiger partial charge on any atom is -0.496 e. The fourth-order valence-corrected chi connectivity index (χ4v) is 3.77. The topological polar surface area (TPSA) is 21.3 Å². The Labute approximate surface area is 133 Å². The van der Waals surface area contributed by atoms with Crippen LogP contribution >= 0.6 is 27.3 Å². The normalized spacial score (nSPS) is 12.3. The smallest absolute Gasteiger partial charge is 0.123 e. The molecule has 0 fully saturated rings. The Balaban J connectivity index is 1.95. The fraction of sp³-hybridized carbons (Fsp3) is 0.375. The van der Waals surface area contributed by atoms with Gasteiger partial charge >= 0.3 is 0 Å². The molecule has 2 nitrogen and oxygen atoms in total. The fourth-order valence-electron chi connectivity index (χ4n) is 2.28. The van der Waals surface area contributed by atoms with Gasteiger partial charge in [0.2, 0.25) is 0 Å². The number of methoxy groups -OCH3 is 1. The maximum Gasteiger partial charge on any atom is 0.123 e. The van der Waals surface area contributed by atoms with Gasteiger partial charge in [-0.2, -0.15) is 0 Å². The van der Waals surface area contributed by atoms with Crippen LogP contribution in [-0.2, 0) is 6.42 Å². The SMILES string of the molecule is CCC(NCCc1ccc(Br)s1)c1ccccc1OC. The minimum absolute atomic E-state index is 0.342. The molecule has 4 heteroatoms. The zero-order valence-electron chi connectivity index (χ0n) is 11.9. The third kappa shape index (κ3) is 4.08. The first-order valence-electron chi connectivity index (χ1n) is 6.85. The lowest BCUT2D eigenvalue weighted by Gasteiger charge is -2.19. The number of thiophene rings is 1. The largest absolute Gasteiger partial charge is 0.496 e. The molecule has 0 aliphatic carbocycles. The lowest BCUT2D eigenvalue weighted by atomic mass is 10.0. The predicted octanol–water partition coefficient (Wildman–Crippen LogP) is 4.80. The van der Waals surface area contributed by atoms with Crippen molar-refractivity contribution in [2.24, 2.45) is 0 Å². The molecular formula is C16H20BrNOS. The number of benzene rings is 1. The molecule has 108 valence electrons. The van der Waals surface area contributed by atoms with Crippen molar-refractivity contribution < 1.29 is 4.74 Å². The summed E-state index contributed by atoms with van der Waals surface area (Å²) < 4.78 is 6.65. The summed E-state index contributed by atoms with van der Waals surface area (Å²) in [5.74, 6) is 0.964. The summed E-state index contributed by atoms with van der Waals surface area (Å²) in [6.45, 7) is 3.18. The number of halogens is 1. The highest BCUT2D eigenvalue weighted by Gasteiger charge is 2.13. The van der Waals surface area contributed by atoms with Crippen LogP contribution in [0.4, 0.5) is 0 Å². The van der Waals surface area contributed by atoms with Crippen LogP contribution in [0.2, 0.25) is 0 Å². The molecular weight excluding hydrogens is 334 g/mol. The first-order valence-corrected chi connectivity index (χ1v) is 8.46. The number of hydrogen-bond donors (Lipinski definition) is 1. The van der Waals surface area contributed by atoms with Crippen LogP contribution in [-0.4, -0.2) is 13.7 Å². The van der Waals surface area contributed by atoms with Crippen molar-refractivity contribution in [1.29, 1.82) is 0 Å². The van der Waals surface area contributed by atoms with Crippen LogP contribution in [0.15, 0.2) is 40.2 Å². The van der Waals surface area contributed by atoms with E-state index in [1.54, 1.807) is 18.4 Å². The average molecular weight is 354 g/mol. The molecule has 0 saturated heterocycles. The van der Waals surface area contributed by atoms with Crippen LogP contribution in [0, 0.1) is 0 Å². The van der Waals surface area contributed by atoms with E-state index in [2.05, 4.69) is 52.4 Å². The van der Waals surface area contributed by atoms with E-state index in [0.717, 1.165) is 25.1 Å². The molecule has 0 radical (unpaired) electrons. The first kappa shape index (κ1) is 15.5. The first-order chi connectivity index (χ1) is 9.74. The lowest BCUT2D eigenvalue weighted by molar-refractivity contribution is 0.397. The van der Waals surface area contributed by atoms with Gasteiger partial charge in [-0.05, 0) is 47.0 Å². The van der Waals surface area contributed by atoms with Crippen LogP contribution in [0.3, 0.4) is 0 Å². The molecule has 1 aromatic carbocycles. The van der Waals surface area contributed by atoms with Gasteiger partial charge in [0.1, 0.15) is 5.75 Å². The van der Waals surface area contributed by atoms with E-state index in [-0.39, 0.29) is 0 Å². The van der Waals surface area contributed by atoms with Gasteiger partial charge in [0.25, 0.3) is 0 Å². The number of nitrogens with one attached hydrogen (secondary N) is 1. The highest BCUT2D eigenvalue weighted by molar-refractivity contribution is 9.11. The van der Waals surface area contributed by atoms with Crippen molar-refractivity contribution in [2.75, 3.05) is 13.7 Å². The molecule has 0 aliphatic heterocycles.